The highest BCUT2D eigenvalue weighted by atomic mass is 79.9. The smallest absolute Gasteiger partial charge is 0.114 e. The van der Waals surface area contributed by atoms with Gasteiger partial charge in [0.1, 0.15) is 6.04 Å². The molecule has 0 saturated carbocycles. The van der Waals surface area contributed by atoms with E-state index in [0.717, 1.165) is 15.6 Å². The second-order valence-electron chi connectivity index (χ2n) is 3.12. The maximum Gasteiger partial charge on any atom is 0.114 e. The zero-order valence-electron chi connectivity index (χ0n) is 7.76. The molecule has 1 aromatic carbocycles. The van der Waals surface area contributed by atoms with Crippen LogP contribution in [0.2, 0.25) is 0 Å². The average Bonchev–Trinajstić information content (AvgIpc) is 2.72. The van der Waals surface area contributed by atoms with E-state index in [2.05, 4.69) is 37.8 Å². The monoisotopic (exact) mass is 297 g/mol. The largest absolute Gasteiger partial charge is 0.206 e. The van der Waals surface area contributed by atoms with Crippen molar-refractivity contribution in [2.75, 3.05) is 0 Å². The molecule has 0 fully saturated rings. The molecule has 0 bridgehead atoms. The van der Waals surface area contributed by atoms with Gasteiger partial charge in [-0.3, -0.25) is 0 Å². The molecule has 0 saturated heterocycles. The second kappa shape index (κ2) is 4.96. The second-order valence-corrected chi connectivity index (χ2v) is 5.03. The highest BCUT2D eigenvalue weighted by Gasteiger charge is 2.12. The Bertz CT molecular complexity index is 453. The molecule has 1 aromatic heterocycles. The van der Waals surface area contributed by atoms with Crippen LogP contribution < -0.4 is 0 Å². The van der Waals surface area contributed by atoms with Crippen LogP contribution in [-0.4, -0.2) is 0 Å². The summed E-state index contributed by atoms with van der Waals surface area (Å²) < 4.78 is 5.07. The summed E-state index contributed by atoms with van der Waals surface area (Å²) in [6.07, 6.45) is 0. The van der Waals surface area contributed by atoms with E-state index in [4.69, 9.17) is 12.4 Å². The number of thiophene rings is 1. The molecule has 0 aliphatic carbocycles. The van der Waals surface area contributed by atoms with Gasteiger partial charge in [0.15, 0.2) is 0 Å². The van der Waals surface area contributed by atoms with Gasteiger partial charge in [0, 0.05) is 16.9 Å². The first kappa shape index (κ1) is 10.9. The topological polar surface area (TPSA) is 12.4 Å². The molecule has 0 radical (unpaired) electrons. The van der Waals surface area contributed by atoms with E-state index >= 15 is 0 Å². The van der Waals surface area contributed by atoms with Crippen LogP contribution in [-0.2, 0) is 12.4 Å². The zero-order chi connectivity index (χ0) is 10.7. The highest BCUT2D eigenvalue weighted by Crippen LogP contribution is 2.28. The summed E-state index contributed by atoms with van der Waals surface area (Å²) in [7, 11) is 0. The third-order valence-corrected chi connectivity index (χ3v) is 3.53. The van der Waals surface area contributed by atoms with Gasteiger partial charge in [0.05, 0.1) is 0 Å². The quantitative estimate of drug-likeness (QED) is 0.821. The van der Waals surface area contributed by atoms with E-state index in [1.54, 1.807) is 11.3 Å². The molecule has 2 aromatic rings. The van der Waals surface area contributed by atoms with Crippen LogP contribution in [0.5, 0.6) is 0 Å². The van der Waals surface area contributed by atoms with Crippen molar-refractivity contribution in [3.63, 3.8) is 0 Å². The van der Waals surface area contributed by atoms with Crippen molar-refractivity contribution in [2.45, 2.75) is 6.04 Å². The molecule has 4 heteroatoms. The minimum atomic E-state index is -0.0243. The molecule has 0 amide bonds. The summed E-state index contributed by atoms with van der Waals surface area (Å²) in [5.74, 6) is 0. The van der Waals surface area contributed by atoms with E-state index in [1.807, 2.05) is 23.6 Å². The Labute approximate surface area is 106 Å². The molecule has 0 aliphatic heterocycles. The van der Waals surface area contributed by atoms with E-state index < -0.39 is 0 Å². The third-order valence-electron chi connectivity index (χ3n) is 2.13. The van der Waals surface area contributed by atoms with Gasteiger partial charge in [0.25, 0.3) is 0 Å². The molecule has 1 nitrogen and oxygen atoms in total. The Kier molecular flexibility index (Phi) is 3.61. The molecular weight excluding hydrogens is 290 g/mol. The molecule has 76 valence electrons. The van der Waals surface area contributed by atoms with Crippen molar-refractivity contribution in [1.29, 1.82) is 0 Å². The Morgan fingerprint density at radius 1 is 1.27 bits per heavy atom. The third kappa shape index (κ3) is 2.51. The molecule has 0 aliphatic rings. The summed E-state index contributed by atoms with van der Waals surface area (Å²) >= 11 is 9.98. The summed E-state index contributed by atoms with van der Waals surface area (Å²) in [5.41, 5.74) is 2.28. The first-order chi connectivity index (χ1) is 7.31. The van der Waals surface area contributed by atoms with Crippen molar-refractivity contribution in [1.82, 2.24) is 0 Å². The van der Waals surface area contributed by atoms with Crippen molar-refractivity contribution < 1.29 is 0 Å². The van der Waals surface area contributed by atoms with Gasteiger partial charge >= 0.3 is 0 Å². The van der Waals surface area contributed by atoms with Gasteiger partial charge in [0.2, 0.25) is 0 Å². The van der Waals surface area contributed by atoms with E-state index in [1.165, 1.54) is 0 Å². The molecule has 0 N–H and O–H groups in total. The molecule has 2 rings (SSSR count). The number of rotatable bonds is 3. The fourth-order valence-corrected chi connectivity index (χ4v) is 2.76. The Morgan fingerprint density at radius 3 is 2.73 bits per heavy atom. The minimum absolute atomic E-state index is 0.0243. The van der Waals surface area contributed by atoms with Crippen molar-refractivity contribution in [2.24, 2.45) is 4.36 Å². The molecule has 1 atom stereocenters. The minimum Gasteiger partial charge on any atom is -0.206 e. The number of halogens is 1. The van der Waals surface area contributed by atoms with Crippen LogP contribution in [0, 0.1) is 0 Å². The van der Waals surface area contributed by atoms with Crippen molar-refractivity contribution in [3.8, 4) is 0 Å². The SMILES string of the molecule is S=NC(c1ccsc1)c1cccc(Br)c1. The van der Waals surface area contributed by atoms with Gasteiger partial charge in [-0.1, -0.05) is 28.1 Å². The zero-order valence-corrected chi connectivity index (χ0v) is 11.0. The normalized spacial score (nSPS) is 12.3. The van der Waals surface area contributed by atoms with E-state index in [-0.39, 0.29) is 6.04 Å². The Hall–Kier alpha value is -0.580. The molecular formula is C11H8BrNS2. The van der Waals surface area contributed by atoms with Crippen LogP contribution in [0.4, 0.5) is 0 Å². The fourth-order valence-electron chi connectivity index (χ4n) is 1.42. The summed E-state index contributed by atoms with van der Waals surface area (Å²) in [5, 5.41) is 4.13. The summed E-state index contributed by atoms with van der Waals surface area (Å²) in [6.45, 7) is 0. The lowest BCUT2D eigenvalue weighted by molar-refractivity contribution is 0.896. The van der Waals surface area contributed by atoms with Crippen LogP contribution in [0.1, 0.15) is 17.2 Å². The molecule has 1 heterocycles. The lowest BCUT2D eigenvalue weighted by atomic mass is 10.0. The Morgan fingerprint density at radius 2 is 2.13 bits per heavy atom. The lowest BCUT2D eigenvalue weighted by Crippen LogP contribution is -1.94. The van der Waals surface area contributed by atoms with Crippen molar-refractivity contribution >= 4 is 39.7 Å². The molecule has 15 heavy (non-hydrogen) atoms. The standard InChI is InChI=1S/C11H8BrNS2/c12-10-3-1-2-8(6-10)11(13-14)9-4-5-15-7-9/h1-7,11H. The number of benzene rings is 1. The summed E-state index contributed by atoms with van der Waals surface area (Å²) in [6, 6.07) is 10.1. The first-order valence-corrected chi connectivity index (χ1v) is 6.51. The van der Waals surface area contributed by atoms with Crippen LogP contribution >= 0.6 is 27.3 Å². The van der Waals surface area contributed by atoms with Crippen LogP contribution in [0.15, 0.2) is 49.9 Å². The van der Waals surface area contributed by atoms with Crippen molar-refractivity contribution in [3.05, 3.63) is 56.7 Å². The number of hydrogen-bond acceptors (Lipinski definition) is 3. The van der Waals surface area contributed by atoms with E-state index in [9.17, 15) is 0 Å². The molecule has 0 spiro atoms. The number of hydrogen-bond donors (Lipinski definition) is 0. The van der Waals surface area contributed by atoms with E-state index in [0.29, 0.717) is 0 Å². The van der Waals surface area contributed by atoms with Gasteiger partial charge in [-0.2, -0.15) is 11.3 Å². The van der Waals surface area contributed by atoms with Crippen LogP contribution in [0.25, 0.3) is 0 Å². The van der Waals surface area contributed by atoms with Gasteiger partial charge in [-0.05, 0) is 40.1 Å². The van der Waals surface area contributed by atoms with Crippen LogP contribution in [0.3, 0.4) is 0 Å². The lowest BCUT2D eigenvalue weighted by Gasteiger charge is -2.09. The highest BCUT2D eigenvalue weighted by molar-refractivity contribution is 9.10. The molecule has 1 unspecified atom stereocenters. The average molecular weight is 298 g/mol. The predicted octanol–water partition coefficient (Wildman–Crippen LogP) is 4.33. The van der Waals surface area contributed by atoms with Gasteiger partial charge in [-0.25, -0.2) is 4.36 Å². The predicted molar refractivity (Wildman–Crippen MR) is 70.1 cm³/mol. The van der Waals surface area contributed by atoms with Gasteiger partial charge < -0.3 is 0 Å². The summed E-state index contributed by atoms with van der Waals surface area (Å²) in [4.78, 5) is 0. The number of nitrogens with zero attached hydrogens (tertiary/aromatic N) is 1. The first-order valence-electron chi connectivity index (χ1n) is 4.41. The maximum atomic E-state index is 4.86. The fraction of sp³-hybridized carbons (Fsp3) is 0.0909. The Balaban J connectivity index is 2.39. The van der Waals surface area contributed by atoms with Gasteiger partial charge in [-0.15, -0.1) is 0 Å². The maximum absolute atomic E-state index is 4.86.